The highest BCUT2D eigenvalue weighted by molar-refractivity contribution is 6.17. The van der Waals surface area contributed by atoms with Gasteiger partial charge in [0.15, 0.2) is 0 Å². The van der Waals surface area contributed by atoms with Crippen LogP contribution in [0.25, 0.3) is 5.69 Å². The van der Waals surface area contributed by atoms with Gasteiger partial charge >= 0.3 is 0 Å². The molecule has 4 nitrogen and oxygen atoms in total. The predicted octanol–water partition coefficient (Wildman–Crippen LogP) is 2.02. The van der Waals surface area contributed by atoms with Crippen molar-refractivity contribution in [3.05, 3.63) is 35.7 Å². The van der Waals surface area contributed by atoms with Gasteiger partial charge in [-0.15, -0.1) is 11.6 Å². The Kier molecular flexibility index (Phi) is 2.68. The van der Waals surface area contributed by atoms with Gasteiger partial charge in [0.25, 0.3) is 0 Å². The molecule has 0 saturated carbocycles. The molecule has 2 aromatic rings. The first-order valence-corrected chi connectivity index (χ1v) is 5.14. The minimum absolute atomic E-state index is 0.452. The van der Waals surface area contributed by atoms with Crippen LogP contribution in [0.4, 0.5) is 0 Å². The zero-order valence-corrected chi connectivity index (χ0v) is 9.36. The Labute approximate surface area is 92.9 Å². The lowest BCUT2D eigenvalue weighted by atomic mass is 10.3. The molecule has 0 fully saturated rings. The maximum atomic E-state index is 5.75. The first-order chi connectivity index (χ1) is 7.20. The van der Waals surface area contributed by atoms with Gasteiger partial charge in [-0.1, -0.05) is 0 Å². The Morgan fingerprint density at radius 1 is 1.33 bits per heavy atom. The van der Waals surface area contributed by atoms with Gasteiger partial charge < -0.3 is 0 Å². The zero-order chi connectivity index (χ0) is 10.8. The number of alkyl halides is 1. The van der Waals surface area contributed by atoms with Crippen LogP contribution in [0.5, 0.6) is 0 Å². The maximum Gasteiger partial charge on any atom is 0.148 e. The fraction of sp³-hybridized carbons (Fsp3) is 0.300. The number of aromatic nitrogens is 4. The fourth-order valence-corrected chi connectivity index (χ4v) is 1.57. The molecule has 2 heterocycles. The number of halogens is 1. The summed E-state index contributed by atoms with van der Waals surface area (Å²) >= 11 is 5.75. The van der Waals surface area contributed by atoms with Crippen LogP contribution in [0.1, 0.15) is 17.2 Å². The summed E-state index contributed by atoms with van der Waals surface area (Å²) in [6.45, 7) is 3.77. The summed E-state index contributed by atoms with van der Waals surface area (Å²) in [7, 11) is 0. The van der Waals surface area contributed by atoms with Crippen molar-refractivity contribution in [2.24, 2.45) is 0 Å². The minimum atomic E-state index is 0.452. The van der Waals surface area contributed by atoms with Crippen LogP contribution in [0.15, 0.2) is 18.5 Å². The van der Waals surface area contributed by atoms with Gasteiger partial charge in [-0.05, 0) is 25.5 Å². The molecule has 0 amide bonds. The SMILES string of the molecule is Cc1nc(C)n(-c2cncc(CCl)c2)n1. The molecule has 2 rings (SSSR count). The van der Waals surface area contributed by atoms with Gasteiger partial charge in [0.2, 0.25) is 0 Å². The molecule has 0 N–H and O–H groups in total. The molecule has 78 valence electrons. The maximum absolute atomic E-state index is 5.75. The highest BCUT2D eigenvalue weighted by atomic mass is 35.5. The van der Waals surface area contributed by atoms with Crippen molar-refractivity contribution >= 4 is 11.6 Å². The van der Waals surface area contributed by atoms with Crippen molar-refractivity contribution in [3.8, 4) is 5.69 Å². The molecule has 15 heavy (non-hydrogen) atoms. The predicted molar refractivity (Wildman–Crippen MR) is 58.2 cm³/mol. The van der Waals surface area contributed by atoms with E-state index in [1.807, 2.05) is 19.9 Å². The molecule has 2 aromatic heterocycles. The van der Waals surface area contributed by atoms with Crippen molar-refractivity contribution in [1.29, 1.82) is 0 Å². The molecule has 0 aliphatic heterocycles. The number of hydrogen-bond acceptors (Lipinski definition) is 3. The topological polar surface area (TPSA) is 43.6 Å². The summed E-state index contributed by atoms with van der Waals surface area (Å²) in [4.78, 5) is 8.34. The van der Waals surface area contributed by atoms with E-state index in [1.165, 1.54) is 0 Å². The first kappa shape index (κ1) is 10.1. The Balaban J connectivity index is 2.49. The largest absolute Gasteiger partial charge is 0.262 e. The lowest BCUT2D eigenvalue weighted by molar-refractivity contribution is 0.824. The summed E-state index contributed by atoms with van der Waals surface area (Å²) < 4.78 is 1.76. The van der Waals surface area contributed by atoms with Crippen LogP contribution in [0, 0.1) is 13.8 Å². The van der Waals surface area contributed by atoms with Crippen molar-refractivity contribution in [2.45, 2.75) is 19.7 Å². The van der Waals surface area contributed by atoms with E-state index in [9.17, 15) is 0 Å². The quantitative estimate of drug-likeness (QED) is 0.731. The van der Waals surface area contributed by atoms with Crippen LogP contribution in [0.2, 0.25) is 0 Å². The normalized spacial score (nSPS) is 10.6. The molecule has 0 spiro atoms. The summed E-state index contributed by atoms with van der Waals surface area (Å²) in [6, 6.07) is 1.96. The van der Waals surface area contributed by atoms with E-state index in [0.29, 0.717) is 5.88 Å². The van der Waals surface area contributed by atoms with E-state index in [1.54, 1.807) is 17.1 Å². The van der Waals surface area contributed by atoms with Crippen molar-refractivity contribution in [2.75, 3.05) is 0 Å². The van der Waals surface area contributed by atoms with Crippen LogP contribution in [-0.4, -0.2) is 19.7 Å². The molecule has 0 saturated heterocycles. The van der Waals surface area contributed by atoms with Crippen LogP contribution in [0.3, 0.4) is 0 Å². The van der Waals surface area contributed by atoms with Gasteiger partial charge in [0.1, 0.15) is 11.6 Å². The number of rotatable bonds is 2. The van der Waals surface area contributed by atoms with E-state index in [2.05, 4.69) is 15.1 Å². The average molecular weight is 223 g/mol. The summed E-state index contributed by atoms with van der Waals surface area (Å²) in [5, 5.41) is 4.28. The standard InChI is InChI=1S/C10H11ClN4/c1-7-13-8(2)15(14-7)10-3-9(4-11)5-12-6-10/h3,5-6H,4H2,1-2H3. The first-order valence-electron chi connectivity index (χ1n) is 4.61. The average Bonchev–Trinajstić information content (AvgIpc) is 2.58. The second kappa shape index (κ2) is 3.98. The Morgan fingerprint density at radius 3 is 2.73 bits per heavy atom. The Hall–Kier alpha value is -1.42. The monoisotopic (exact) mass is 222 g/mol. The third-order valence-electron chi connectivity index (χ3n) is 2.05. The van der Waals surface area contributed by atoms with Crippen LogP contribution >= 0.6 is 11.6 Å². The van der Waals surface area contributed by atoms with Crippen molar-refractivity contribution in [3.63, 3.8) is 0 Å². The number of pyridine rings is 1. The lowest BCUT2D eigenvalue weighted by Gasteiger charge is -2.03. The zero-order valence-electron chi connectivity index (χ0n) is 8.61. The van der Waals surface area contributed by atoms with Crippen LogP contribution in [-0.2, 0) is 5.88 Å². The van der Waals surface area contributed by atoms with Crippen molar-refractivity contribution in [1.82, 2.24) is 19.7 Å². The van der Waals surface area contributed by atoms with E-state index in [4.69, 9.17) is 11.6 Å². The van der Waals surface area contributed by atoms with E-state index < -0.39 is 0 Å². The molecular weight excluding hydrogens is 212 g/mol. The van der Waals surface area contributed by atoms with E-state index in [0.717, 1.165) is 22.9 Å². The fourth-order valence-electron chi connectivity index (χ4n) is 1.43. The number of hydrogen-bond donors (Lipinski definition) is 0. The van der Waals surface area contributed by atoms with Gasteiger partial charge in [-0.25, -0.2) is 9.67 Å². The number of nitrogens with zero attached hydrogens (tertiary/aromatic N) is 4. The van der Waals surface area contributed by atoms with Gasteiger partial charge in [-0.2, -0.15) is 5.10 Å². The Morgan fingerprint density at radius 2 is 2.13 bits per heavy atom. The molecule has 0 aliphatic rings. The van der Waals surface area contributed by atoms with Crippen LogP contribution < -0.4 is 0 Å². The highest BCUT2D eigenvalue weighted by Gasteiger charge is 2.05. The molecule has 0 bridgehead atoms. The lowest BCUT2D eigenvalue weighted by Crippen LogP contribution is -2.00. The molecule has 5 heteroatoms. The minimum Gasteiger partial charge on any atom is -0.262 e. The molecular formula is C10H11ClN4. The summed E-state index contributed by atoms with van der Waals surface area (Å²) in [5.41, 5.74) is 1.87. The smallest absolute Gasteiger partial charge is 0.148 e. The van der Waals surface area contributed by atoms with E-state index in [-0.39, 0.29) is 0 Å². The summed E-state index contributed by atoms with van der Waals surface area (Å²) in [6.07, 6.45) is 3.49. The molecule has 0 aliphatic carbocycles. The van der Waals surface area contributed by atoms with Crippen molar-refractivity contribution < 1.29 is 0 Å². The molecule has 0 radical (unpaired) electrons. The third-order valence-corrected chi connectivity index (χ3v) is 2.36. The second-order valence-electron chi connectivity index (χ2n) is 3.30. The van der Waals surface area contributed by atoms with E-state index >= 15 is 0 Å². The third kappa shape index (κ3) is 1.99. The summed E-state index contributed by atoms with van der Waals surface area (Å²) in [5.74, 6) is 2.05. The molecule has 0 unspecified atom stereocenters. The molecule has 0 aromatic carbocycles. The van der Waals surface area contributed by atoms with Gasteiger partial charge in [0.05, 0.1) is 11.9 Å². The van der Waals surface area contributed by atoms with Gasteiger partial charge in [0, 0.05) is 12.1 Å². The molecule has 0 atom stereocenters. The second-order valence-corrected chi connectivity index (χ2v) is 3.57. The number of aryl methyl sites for hydroxylation is 2. The highest BCUT2D eigenvalue weighted by Crippen LogP contribution is 2.11. The Bertz CT molecular complexity index is 478. The van der Waals surface area contributed by atoms with Gasteiger partial charge in [-0.3, -0.25) is 4.98 Å².